The van der Waals surface area contributed by atoms with Gasteiger partial charge in [0.05, 0.1) is 5.02 Å². The lowest BCUT2D eigenvalue weighted by Gasteiger charge is -2.29. The Morgan fingerprint density at radius 2 is 2.16 bits per heavy atom. The largest absolute Gasteiger partial charge is 0.491 e. The quantitative estimate of drug-likeness (QED) is 0.872. The molecule has 3 nitrogen and oxygen atoms in total. The number of para-hydroxylation sites is 1. The predicted molar refractivity (Wildman–Crippen MR) is 79.8 cm³/mol. The van der Waals surface area contributed by atoms with Crippen LogP contribution in [0.1, 0.15) is 19.3 Å². The minimum Gasteiger partial charge on any atom is -0.491 e. The van der Waals surface area contributed by atoms with Crippen molar-refractivity contribution in [1.82, 2.24) is 4.90 Å². The van der Waals surface area contributed by atoms with Gasteiger partial charge in [-0.2, -0.15) is 0 Å². The SMILES string of the molecule is CN(CCOc1ccccc1Cl)C1CCCC1CN. The van der Waals surface area contributed by atoms with E-state index in [1.165, 1.54) is 19.3 Å². The highest BCUT2D eigenvalue weighted by molar-refractivity contribution is 6.32. The van der Waals surface area contributed by atoms with Gasteiger partial charge in [0.2, 0.25) is 0 Å². The van der Waals surface area contributed by atoms with Gasteiger partial charge in [-0.25, -0.2) is 0 Å². The average Bonchev–Trinajstić information content (AvgIpc) is 2.89. The van der Waals surface area contributed by atoms with Crippen molar-refractivity contribution in [3.63, 3.8) is 0 Å². The molecule has 19 heavy (non-hydrogen) atoms. The van der Waals surface area contributed by atoms with Gasteiger partial charge in [-0.05, 0) is 44.5 Å². The molecule has 0 amide bonds. The van der Waals surface area contributed by atoms with Crippen molar-refractivity contribution in [2.45, 2.75) is 25.3 Å². The molecule has 0 spiro atoms. The summed E-state index contributed by atoms with van der Waals surface area (Å²) in [5.41, 5.74) is 5.83. The van der Waals surface area contributed by atoms with Crippen molar-refractivity contribution < 1.29 is 4.74 Å². The minimum absolute atomic E-state index is 0.611. The highest BCUT2D eigenvalue weighted by Crippen LogP contribution is 2.28. The van der Waals surface area contributed by atoms with E-state index in [4.69, 9.17) is 22.1 Å². The lowest BCUT2D eigenvalue weighted by molar-refractivity contribution is 0.165. The van der Waals surface area contributed by atoms with Gasteiger partial charge < -0.3 is 10.5 Å². The summed E-state index contributed by atoms with van der Waals surface area (Å²) in [6.45, 7) is 2.36. The van der Waals surface area contributed by atoms with Gasteiger partial charge in [0.15, 0.2) is 0 Å². The van der Waals surface area contributed by atoms with Crippen molar-refractivity contribution in [3.05, 3.63) is 29.3 Å². The van der Waals surface area contributed by atoms with E-state index in [1.54, 1.807) is 0 Å². The maximum absolute atomic E-state index is 6.06. The average molecular weight is 283 g/mol. The molecule has 0 saturated heterocycles. The summed E-state index contributed by atoms with van der Waals surface area (Å²) in [5, 5.41) is 0.672. The van der Waals surface area contributed by atoms with E-state index in [1.807, 2.05) is 24.3 Å². The normalized spacial score (nSPS) is 22.9. The fraction of sp³-hybridized carbons (Fsp3) is 0.600. The number of nitrogens with zero attached hydrogens (tertiary/aromatic N) is 1. The summed E-state index contributed by atoms with van der Waals surface area (Å²) in [4.78, 5) is 2.38. The molecule has 1 aliphatic rings. The van der Waals surface area contributed by atoms with E-state index < -0.39 is 0 Å². The van der Waals surface area contributed by atoms with Gasteiger partial charge in [-0.1, -0.05) is 30.2 Å². The smallest absolute Gasteiger partial charge is 0.137 e. The zero-order chi connectivity index (χ0) is 13.7. The molecule has 106 valence electrons. The van der Waals surface area contributed by atoms with Gasteiger partial charge in [0, 0.05) is 12.6 Å². The van der Waals surface area contributed by atoms with Crippen molar-refractivity contribution in [2.75, 3.05) is 26.7 Å². The molecular formula is C15H23ClN2O. The van der Waals surface area contributed by atoms with Crippen LogP contribution in [0.3, 0.4) is 0 Å². The summed E-state index contributed by atoms with van der Waals surface area (Å²) in [5.74, 6) is 1.41. The molecule has 2 N–H and O–H groups in total. The highest BCUT2D eigenvalue weighted by Gasteiger charge is 2.28. The first-order chi connectivity index (χ1) is 9.22. The Balaban J connectivity index is 1.78. The third-order valence-electron chi connectivity index (χ3n) is 4.03. The fourth-order valence-corrected chi connectivity index (χ4v) is 3.09. The van der Waals surface area contributed by atoms with Crippen molar-refractivity contribution >= 4 is 11.6 Å². The monoisotopic (exact) mass is 282 g/mol. The van der Waals surface area contributed by atoms with Crippen molar-refractivity contribution in [1.29, 1.82) is 0 Å². The van der Waals surface area contributed by atoms with E-state index in [9.17, 15) is 0 Å². The number of likely N-dealkylation sites (N-methyl/N-ethyl adjacent to an activating group) is 1. The standard InChI is InChI=1S/C15H23ClN2O/c1-18(14-7-4-5-12(14)11-17)9-10-19-15-8-3-2-6-13(15)16/h2-3,6,8,12,14H,4-5,7,9-11,17H2,1H3. The Labute approximate surface area is 120 Å². The summed E-state index contributed by atoms with van der Waals surface area (Å²) in [6.07, 6.45) is 3.81. The number of halogens is 1. The number of nitrogens with two attached hydrogens (primary N) is 1. The van der Waals surface area contributed by atoms with E-state index in [-0.39, 0.29) is 0 Å². The van der Waals surface area contributed by atoms with Crippen molar-refractivity contribution in [3.8, 4) is 5.75 Å². The lowest BCUT2D eigenvalue weighted by atomic mass is 10.0. The van der Waals surface area contributed by atoms with Gasteiger partial charge in [0.1, 0.15) is 12.4 Å². The van der Waals surface area contributed by atoms with Crippen LogP contribution in [-0.4, -0.2) is 37.7 Å². The first-order valence-electron chi connectivity index (χ1n) is 7.00. The third-order valence-corrected chi connectivity index (χ3v) is 4.34. The van der Waals surface area contributed by atoms with Crippen LogP contribution in [0, 0.1) is 5.92 Å². The molecule has 0 radical (unpaired) electrons. The molecule has 0 aromatic heterocycles. The molecule has 0 aliphatic heterocycles. The molecule has 0 bridgehead atoms. The topological polar surface area (TPSA) is 38.5 Å². The Morgan fingerprint density at radius 1 is 1.37 bits per heavy atom. The van der Waals surface area contributed by atoms with Crippen LogP contribution in [0.5, 0.6) is 5.75 Å². The molecule has 2 atom stereocenters. The maximum atomic E-state index is 6.06. The molecule has 1 aliphatic carbocycles. The van der Waals surface area contributed by atoms with Crippen LogP contribution >= 0.6 is 11.6 Å². The minimum atomic E-state index is 0.611. The van der Waals surface area contributed by atoms with Crippen molar-refractivity contribution in [2.24, 2.45) is 11.7 Å². The van der Waals surface area contributed by atoms with Crippen LogP contribution in [-0.2, 0) is 0 Å². The molecule has 1 fully saturated rings. The summed E-state index contributed by atoms with van der Waals surface area (Å²) in [6, 6.07) is 8.21. The number of ether oxygens (including phenoxy) is 1. The molecule has 2 unspecified atom stereocenters. The lowest BCUT2D eigenvalue weighted by Crippen LogP contribution is -2.39. The molecule has 2 rings (SSSR count). The summed E-state index contributed by atoms with van der Waals surface area (Å²) < 4.78 is 5.73. The Kier molecular flexibility index (Phi) is 5.49. The van der Waals surface area contributed by atoms with Crippen LogP contribution in [0.2, 0.25) is 5.02 Å². The van der Waals surface area contributed by atoms with E-state index in [2.05, 4.69) is 11.9 Å². The van der Waals surface area contributed by atoms with E-state index in [0.717, 1.165) is 18.8 Å². The maximum Gasteiger partial charge on any atom is 0.137 e. The Morgan fingerprint density at radius 3 is 2.89 bits per heavy atom. The predicted octanol–water partition coefficient (Wildman–Crippen LogP) is 2.78. The molecule has 1 aromatic rings. The molecule has 0 heterocycles. The first kappa shape index (κ1) is 14.6. The highest BCUT2D eigenvalue weighted by atomic mass is 35.5. The van der Waals surface area contributed by atoms with Gasteiger partial charge in [0.25, 0.3) is 0 Å². The first-order valence-corrected chi connectivity index (χ1v) is 7.38. The van der Waals surface area contributed by atoms with Crippen LogP contribution in [0.15, 0.2) is 24.3 Å². The zero-order valence-corrected chi connectivity index (χ0v) is 12.3. The Hall–Kier alpha value is -0.770. The molecule has 4 heteroatoms. The van der Waals surface area contributed by atoms with Gasteiger partial charge in [-0.3, -0.25) is 4.90 Å². The molecular weight excluding hydrogens is 260 g/mol. The van der Waals surface area contributed by atoms with Crippen LogP contribution in [0.4, 0.5) is 0 Å². The van der Waals surface area contributed by atoms with E-state index in [0.29, 0.717) is 23.6 Å². The van der Waals surface area contributed by atoms with Gasteiger partial charge in [-0.15, -0.1) is 0 Å². The van der Waals surface area contributed by atoms with Gasteiger partial charge >= 0.3 is 0 Å². The number of rotatable bonds is 6. The fourth-order valence-electron chi connectivity index (χ4n) is 2.90. The number of hydrogen-bond donors (Lipinski definition) is 1. The van der Waals surface area contributed by atoms with Crippen LogP contribution < -0.4 is 10.5 Å². The Bertz CT molecular complexity index is 399. The second-order valence-electron chi connectivity index (χ2n) is 5.25. The second-order valence-corrected chi connectivity index (χ2v) is 5.66. The molecule has 1 saturated carbocycles. The second kappa shape index (κ2) is 7.13. The molecule has 1 aromatic carbocycles. The van der Waals surface area contributed by atoms with E-state index >= 15 is 0 Å². The zero-order valence-electron chi connectivity index (χ0n) is 11.5. The third kappa shape index (κ3) is 3.85. The summed E-state index contributed by atoms with van der Waals surface area (Å²) >= 11 is 6.06. The number of hydrogen-bond acceptors (Lipinski definition) is 3. The van der Waals surface area contributed by atoms with Crippen LogP contribution in [0.25, 0.3) is 0 Å². The number of benzene rings is 1. The summed E-state index contributed by atoms with van der Waals surface area (Å²) in [7, 11) is 2.16.